The van der Waals surface area contributed by atoms with Crippen LogP contribution in [0.2, 0.25) is 5.02 Å². The molecule has 0 radical (unpaired) electrons. The molecular formula is C24H20ClN5O2S. The summed E-state index contributed by atoms with van der Waals surface area (Å²) in [5.41, 5.74) is 7.95. The van der Waals surface area contributed by atoms with Crippen molar-refractivity contribution in [3.63, 3.8) is 0 Å². The summed E-state index contributed by atoms with van der Waals surface area (Å²) < 4.78 is 1.92. The van der Waals surface area contributed by atoms with Gasteiger partial charge in [0.05, 0.1) is 5.25 Å². The second-order valence-corrected chi connectivity index (χ2v) is 8.92. The lowest BCUT2D eigenvalue weighted by atomic mass is 10.2. The predicted molar refractivity (Wildman–Crippen MR) is 131 cm³/mol. The number of nitrogens with two attached hydrogens (primary N) is 1. The summed E-state index contributed by atoms with van der Waals surface area (Å²) in [7, 11) is 0. The van der Waals surface area contributed by atoms with E-state index < -0.39 is 11.2 Å². The van der Waals surface area contributed by atoms with Gasteiger partial charge in [-0.05, 0) is 67.6 Å². The predicted octanol–water partition coefficient (Wildman–Crippen LogP) is 4.81. The number of hydrogen-bond acceptors (Lipinski definition) is 5. The molecule has 3 aromatic carbocycles. The number of hydrogen-bond donors (Lipinski definition) is 2. The molecule has 1 unspecified atom stereocenters. The van der Waals surface area contributed by atoms with Crippen LogP contribution in [0.15, 0.2) is 84.0 Å². The van der Waals surface area contributed by atoms with Gasteiger partial charge in [-0.25, -0.2) is 0 Å². The van der Waals surface area contributed by atoms with Crippen LogP contribution in [-0.2, 0) is 4.79 Å². The second-order valence-electron chi connectivity index (χ2n) is 7.17. The highest BCUT2D eigenvalue weighted by molar-refractivity contribution is 8.00. The number of benzene rings is 3. The number of thioether (sulfide) groups is 1. The molecule has 0 fully saturated rings. The van der Waals surface area contributed by atoms with Gasteiger partial charge < -0.3 is 11.1 Å². The molecular weight excluding hydrogens is 458 g/mol. The summed E-state index contributed by atoms with van der Waals surface area (Å²) in [5.74, 6) is -0.0777. The van der Waals surface area contributed by atoms with Crippen LogP contribution in [0, 0.1) is 0 Å². The molecule has 4 rings (SSSR count). The molecule has 33 heavy (non-hydrogen) atoms. The number of primary amides is 1. The number of rotatable bonds is 7. The lowest BCUT2D eigenvalue weighted by molar-refractivity contribution is -0.115. The molecule has 0 aliphatic heterocycles. The van der Waals surface area contributed by atoms with Gasteiger partial charge in [0.15, 0.2) is 11.0 Å². The Balaban J connectivity index is 1.58. The second kappa shape index (κ2) is 9.89. The lowest BCUT2D eigenvalue weighted by Crippen LogP contribution is -2.23. The number of nitrogens with zero attached hydrogens (tertiary/aromatic N) is 3. The molecule has 1 heterocycles. The highest BCUT2D eigenvalue weighted by atomic mass is 35.5. The molecule has 0 aliphatic rings. The third-order valence-electron chi connectivity index (χ3n) is 4.84. The molecule has 0 saturated carbocycles. The van der Waals surface area contributed by atoms with Gasteiger partial charge in [0.25, 0.3) is 0 Å². The van der Waals surface area contributed by atoms with E-state index in [0.717, 1.165) is 11.3 Å². The maximum Gasteiger partial charge on any atom is 0.248 e. The molecule has 9 heteroatoms. The number of anilines is 1. The number of para-hydroxylation sites is 1. The Kier molecular flexibility index (Phi) is 6.76. The van der Waals surface area contributed by atoms with Gasteiger partial charge in [-0.1, -0.05) is 41.6 Å². The Labute approximate surface area is 200 Å². The maximum atomic E-state index is 12.8. The van der Waals surface area contributed by atoms with Gasteiger partial charge >= 0.3 is 0 Å². The Morgan fingerprint density at radius 3 is 2.27 bits per heavy atom. The summed E-state index contributed by atoms with van der Waals surface area (Å²) in [6.07, 6.45) is 0. The number of carbonyl (C=O) groups is 2. The summed E-state index contributed by atoms with van der Waals surface area (Å²) >= 11 is 7.34. The Bertz CT molecular complexity index is 1270. The van der Waals surface area contributed by atoms with Gasteiger partial charge in [-0.2, -0.15) is 0 Å². The van der Waals surface area contributed by atoms with E-state index in [-0.39, 0.29) is 5.91 Å². The Hall–Kier alpha value is -3.62. The average molecular weight is 478 g/mol. The van der Waals surface area contributed by atoms with E-state index >= 15 is 0 Å². The van der Waals surface area contributed by atoms with E-state index in [0.29, 0.717) is 27.3 Å². The minimum absolute atomic E-state index is 0.206. The van der Waals surface area contributed by atoms with Crippen molar-refractivity contribution in [1.29, 1.82) is 0 Å². The molecule has 3 N–H and O–H groups in total. The normalized spacial score (nSPS) is 11.7. The molecule has 7 nitrogen and oxygen atoms in total. The van der Waals surface area contributed by atoms with Crippen molar-refractivity contribution < 1.29 is 9.59 Å². The standard InChI is InChI=1S/C24H20ClN5O2S/c1-15(23(32)27-19-13-9-16(10-14-19)21(26)31)33-24-29-28-22(17-7-11-18(25)12-8-17)30(24)20-5-3-2-4-6-20/h2-15H,1H3,(H2,26,31)(H,27,32). The van der Waals surface area contributed by atoms with Crippen LogP contribution in [-0.4, -0.2) is 31.8 Å². The molecule has 0 spiro atoms. The molecule has 1 aromatic heterocycles. The highest BCUT2D eigenvalue weighted by Gasteiger charge is 2.22. The summed E-state index contributed by atoms with van der Waals surface area (Å²) in [5, 5.41) is 12.3. The van der Waals surface area contributed by atoms with Gasteiger partial charge in [-0.15, -0.1) is 10.2 Å². The van der Waals surface area contributed by atoms with Crippen LogP contribution in [0.25, 0.3) is 17.1 Å². The third-order valence-corrected chi connectivity index (χ3v) is 6.13. The minimum Gasteiger partial charge on any atom is -0.366 e. The number of aromatic nitrogens is 3. The molecule has 0 aliphatic carbocycles. The van der Waals surface area contributed by atoms with Crippen LogP contribution in [0.3, 0.4) is 0 Å². The first-order valence-electron chi connectivity index (χ1n) is 10.1. The van der Waals surface area contributed by atoms with Crippen molar-refractivity contribution in [1.82, 2.24) is 14.8 Å². The zero-order valence-electron chi connectivity index (χ0n) is 17.6. The fourth-order valence-electron chi connectivity index (χ4n) is 3.12. The largest absolute Gasteiger partial charge is 0.366 e. The average Bonchev–Trinajstić information content (AvgIpc) is 3.23. The first-order valence-corrected chi connectivity index (χ1v) is 11.3. The highest BCUT2D eigenvalue weighted by Crippen LogP contribution is 2.31. The summed E-state index contributed by atoms with van der Waals surface area (Å²) in [6.45, 7) is 1.80. The SMILES string of the molecule is CC(Sc1nnc(-c2ccc(Cl)cc2)n1-c1ccccc1)C(=O)Nc1ccc(C(N)=O)cc1. The van der Waals surface area contributed by atoms with Crippen LogP contribution < -0.4 is 11.1 Å². The van der Waals surface area contributed by atoms with Gasteiger partial charge in [-0.3, -0.25) is 14.2 Å². The fourth-order valence-corrected chi connectivity index (χ4v) is 4.11. The monoisotopic (exact) mass is 477 g/mol. The van der Waals surface area contributed by atoms with Gasteiger partial charge in [0.2, 0.25) is 11.8 Å². The van der Waals surface area contributed by atoms with Crippen LogP contribution >= 0.6 is 23.4 Å². The first-order chi connectivity index (χ1) is 15.9. The van der Waals surface area contributed by atoms with E-state index in [4.69, 9.17) is 17.3 Å². The maximum absolute atomic E-state index is 12.8. The Morgan fingerprint density at radius 1 is 0.970 bits per heavy atom. The smallest absolute Gasteiger partial charge is 0.248 e. The van der Waals surface area contributed by atoms with Crippen molar-refractivity contribution in [2.75, 3.05) is 5.32 Å². The quantitative estimate of drug-likeness (QED) is 0.372. The van der Waals surface area contributed by atoms with Crippen molar-refractivity contribution in [3.05, 3.63) is 89.4 Å². The zero-order chi connectivity index (χ0) is 23.4. The van der Waals surface area contributed by atoms with E-state index in [1.165, 1.54) is 11.8 Å². The topological polar surface area (TPSA) is 103 Å². The fraction of sp³-hybridized carbons (Fsp3) is 0.0833. The first kappa shape index (κ1) is 22.6. The van der Waals surface area contributed by atoms with E-state index in [1.807, 2.05) is 47.0 Å². The van der Waals surface area contributed by atoms with Gasteiger partial charge in [0, 0.05) is 27.5 Å². The van der Waals surface area contributed by atoms with Crippen LogP contribution in [0.4, 0.5) is 5.69 Å². The number of amides is 2. The van der Waals surface area contributed by atoms with E-state index in [1.54, 1.807) is 43.3 Å². The van der Waals surface area contributed by atoms with Gasteiger partial charge in [0.1, 0.15) is 0 Å². The van der Waals surface area contributed by atoms with Crippen LogP contribution in [0.5, 0.6) is 0 Å². The van der Waals surface area contributed by atoms with Crippen LogP contribution in [0.1, 0.15) is 17.3 Å². The lowest BCUT2D eigenvalue weighted by Gasteiger charge is -2.14. The number of nitrogens with one attached hydrogen (secondary N) is 1. The number of halogens is 1. The molecule has 166 valence electrons. The van der Waals surface area contributed by atoms with Crippen molar-refractivity contribution in [3.8, 4) is 17.1 Å². The Morgan fingerprint density at radius 2 is 1.64 bits per heavy atom. The number of carbonyl (C=O) groups excluding carboxylic acids is 2. The molecule has 2 amide bonds. The molecule has 0 saturated heterocycles. The molecule has 1 atom stereocenters. The van der Waals surface area contributed by atoms with Crippen molar-refractivity contribution in [2.24, 2.45) is 5.73 Å². The zero-order valence-corrected chi connectivity index (χ0v) is 19.2. The van der Waals surface area contributed by atoms with E-state index in [2.05, 4.69) is 15.5 Å². The summed E-state index contributed by atoms with van der Waals surface area (Å²) in [6, 6.07) is 23.5. The van der Waals surface area contributed by atoms with E-state index in [9.17, 15) is 9.59 Å². The minimum atomic E-state index is -0.520. The van der Waals surface area contributed by atoms with Crippen molar-refractivity contribution >= 4 is 40.9 Å². The van der Waals surface area contributed by atoms with Crippen molar-refractivity contribution in [2.45, 2.75) is 17.3 Å². The third kappa shape index (κ3) is 5.24. The molecule has 4 aromatic rings. The summed E-state index contributed by atoms with van der Waals surface area (Å²) in [4.78, 5) is 24.0. The molecule has 0 bridgehead atoms.